The van der Waals surface area contributed by atoms with Crippen molar-refractivity contribution in [2.75, 3.05) is 0 Å². The zero-order valence-corrected chi connectivity index (χ0v) is 11.7. The van der Waals surface area contributed by atoms with Crippen LogP contribution in [-0.4, -0.2) is 23.1 Å². The second-order valence-corrected chi connectivity index (χ2v) is 3.49. The third-order valence-electron chi connectivity index (χ3n) is 2.13. The number of carboxylic acid groups (broad SMARTS) is 1. The van der Waals surface area contributed by atoms with E-state index < -0.39 is 11.9 Å². The van der Waals surface area contributed by atoms with E-state index in [1.165, 1.54) is 12.1 Å². The summed E-state index contributed by atoms with van der Waals surface area (Å²) in [6.07, 6.45) is 3.09. The molecule has 0 aromatic heterocycles. The Hall–Kier alpha value is -2.10. The van der Waals surface area contributed by atoms with Crippen LogP contribution in [0.1, 0.15) is 48.4 Å². The first-order chi connectivity index (χ1) is 9.06. The van der Waals surface area contributed by atoms with E-state index in [9.17, 15) is 9.59 Å². The fourth-order valence-electron chi connectivity index (χ4n) is 1.39. The van der Waals surface area contributed by atoms with E-state index in [2.05, 4.69) is 0 Å². The van der Waals surface area contributed by atoms with E-state index in [4.69, 9.17) is 9.84 Å². The third-order valence-corrected chi connectivity index (χ3v) is 2.13. The smallest absolute Gasteiger partial charge is 0.339 e. The number of allylic oxidation sites excluding steroid dienone is 1. The Morgan fingerprint density at radius 1 is 1.21 bits per heavy atom. The molecule has 0 saturated heterocycles. The molecule has 0 aliphatic rings. The molecule has 1 atom stereocenters. The first-order valence-corrected chi connectivity index (χ1v) is 6.22. The van der Waals surface area contributed by atoms with Gasteiger partial charge in [0, 0.05) is 0 Å². The average Bonchev–Trinajstić information content (AvgIpc) is 2.41. The normalized spacial score (nSPS) is 11.4. The average molecular weight is 264 g/mol. The van der Waals surface area contributed by atoms with E-state index >= 15 is 0 Å². The van der Waals surface area contributed by atoms with Crippen molar-refractivity contribution in [1.82, 2.24) is 0 Å². The number of carbonyl (C=O) groups excluding carboxylic acids is 1. The third kappa shape index (κ3) is 5.38. The Labute approximate surface area is 113 Å². The van der Waals surface area contributed by atoms with Crippen LogP contribution < -0.4 is 0 Å². The van der Waals surface area contributed by atoms with Crippen molar-refractivity contribution in [3.05, 3.63) is 47.5 Å². The summed E-state index contributed by atoms with van der Waals surface area (Å²) in [6.45, 7) is 7.52. The highest BCUT2D eigenvalue weighted by Crippen LogP contribution is 2.11. The van der Waals surface area contributed by atoms with Crippen LogP contribution in [-0.2, 0) is 4.74 Å². The van der Waals surface area contributed by atoms with Crippen LogP contribution in [0.5, 0.6) is 0 Å². The maximum atomic E-state index is 11.7. The van der Waals surface area contributed by atoms with E-state index in [0.717, 1.165) is 0 Å². The van der Waals surface area contributed by atoms with Gasteiger partial charge in [-0.05, 0) is 32.1 Å². The predicted molar refractivity (Wildman–Crippen MR) is 74.4 cm³/mol. The Kier molecular flexibility index (Phi) is 7.93. The molecular weight excluding hydrogens is 244 g/mol. The molecule has 0 saturated carbocycles. The van der Waals surface area contributed by atoms with Gasteiger partial charge in [0.05, 0.1) is 11.1 Å². The van der Waals surface area contributed by atoms with Gasteiger partial charge in [-0.3, -0.25) is 0 Å². The molecule has 1 unspecified atom stereocenters. The molecule has 4 nitrogen and oxygen atoms in total. The van der Waals surface area contributed by atoms with Gasteiger partial charge in [0.1, 0.15) is 6.10 Å². The van der Waals surface area contributed by atoms with E-state index in [1.54, 1.807) is 31.2 Å². The number of benzene rings is 1. The van der Waals surface area contributed by atoms with Crippen LogP contribution >= 0.6 is 0 Å². The van der Waals surface area contributed by atoms with Gasteiger partial charge in [-0.25, -0.2) is 9.59 Å². The van der Waals surface area contributed by atoms with Gasteiger partial charge in [-0.1, -0.05) is 32.1 Å². The molecule has 0 fully saturated rings. The van der Waals surface area contributed by atoms with E-state index in [0.29, 0.717) is 0 Å². The molecule has 0 radical (unpaired) electrons. The molecule has 1 aromatic carbocycles. The van der Waals surface area contributed by atoms with Crippen LogP contribution in [0.15, 0.2) is 36.4 Å². The summed E-state index contributed by atoms with van der Waals surface area (Å²) >= 11 is 0. The van der Waals surface area contributed by atoms with Gasteiger partial charge >= 0.3 is 11.9 Å². The lowest BCUT2D eigenvalue weighted by Crippen LogP contribution is -2.16. The molecule has 0 spiro atoms. The van der Waals surface area contributed by atoms with Crippen LogP contribution in [0, 0.1) is 0 Å². The Morgan fingerprint density at radius 3 is 2.21 bits per heavy atom. The van der Waals surface area contributed by atoms with Crippen LogP contribution in [0.2, 0.25) is 0 Å². The number of ether oxygens (including phenoxy) is 1. The summed E-state index contributed by atoms with van der Waals surface area (Å²) in [5, 5.41) is 8.93. The predicted octanol–water partition coefficient (Wildman–Crippen LogP) is 3.53. The first-order valence-electron chi connectivity index (χ1n) is 6.22. The molecule has 4 heteroatoms. The summed E-state index contributed by atoms with van der Waals surface area (Å²) in [4.78, 5) is 22.7. The Morgan fingerprint density at radius 2 is 1.74 bits per heavy atom. The molecule has 19 heavy (non-hydrogen) atoms. The second-order valence-electron chi connectivity index (χ2n) is 3.49. The summed E-state index contributed by atoms with van der Waals surface area (Å²) < 4.78 is 5.08. The van der Waals surface area contributed by atoms with Gasteiger partial charge in [0.25, 0.3) is 0 Å². The fourth-order valence-corrected chi connectivity index (χ4v) is 1.39. The minimum absolute atomic E-state index is 0.0508. The minimum atomic E-state index is -1.14. The highest BCUT2D eigenvalue weighted by Gasteiger charge is 2.17. The fraction of sp³-hybridized carbons (Fsp3) is 0.333. The maximum absolute atomic E-state index is 11.7. The zero-order valence-electron chi connectivity index (χ0n) is 11.7. The first kappa shape index (κ1) is 16.9. The number of hydrogen-bond acceptors (Lipinski definition) is 3. The summed E-state index contributed by atoms with van der Waals surface area (Å²) in [7, 11) is 0. The topological polar surface area (TPSA) is 63.6 Å². The van der Waals surface area contributed by atoms with Crippen molar-refractivity contribution in [2.45, 2.75) is 33.8 Å². The summed E-state index contributed by atoms with van der Waals surface area (Å²) in [5.41, 5.74) is 0.0153. The summed E-state index contributed by atoms with van der Waals surface area (Å²) in [6, 6.07) is 5.98. The Bertz CT molecular complexity index is 449. The maximum Gasteiger partial charge on any atom is 0.339 e. The van der Waals surface area contributed by atoms with Gasteiger partial charge in [-0.2, -0.15) is 0 Å². The number of rotatable bonds is 4. The monoisotopic (exact) mass is 264 g/mol. The molecule has 1 aromatic rings. The number of aromatic carboxylic acids is 1. The number of hydrogen-bond donors (Lipinski definition) is 1. The minimum Gasteiger partial charge on any atom is -0.478 e. The highest BCUT2D eigenvalue weighted by molar-refractivity contribution is 6.02. The largest absolute Gasteiger partial charge is 0.478 e. The van der Waals surface area contributed by atoms with Crippen molar-refractivity contribution in [3.63, 3.8) is 0 Å². The molecule has 104 valence electrons. The Balaban J connectivity index is 0.00000154. The van der Waals surface area contributed by atoms with Gasteiger partial charge in [0.2, 0.25) is 0 Å². The molecule has 0 aliphatic carbocycles. The van der Waals surface area contributed by atoms with Crippen molar-refractivity contribution in [1.29, 1.82) is 0 Å². The van der Waals surface area contributed by atoms with Gasteiger partial charge < -0.3 is 9.84 Å². The molecule has 0 aliphatic heterocycles. The molecular formula is C15H20O4. The van der Waals surface area contributed by atoms with Crippen molar-refractivity contribution >= 4 is 11.9 Å². The van der Waals surface area contributed by atoms with Crippen LogP contribution in [0.4, 0.5) is 0 Å². The molecule has 0 amide bonds. The second kappa shape index (κ2) is 8.91. The van der Waals surface area contributed by atoms with Crippen molar-refractivity contribution < 1.29 is 19.4 Å². The molecule has 0 bridgehead atoms. The SMILES string of the molecule is C/C=C/C(C)OC(=O)c1ccccc1C(=O)O.CC. The summed E-state index contributed by atoms with van der Waals surface area (Å²) in [5.74, 6) is -1.77. The number of carboxylic acids is 1. The molecule has 1 N–H and O–H groups in total. The van der Waals surface area contributed by atoms with Crippen molar-refractivity contribution in [3.8, 4) is 0 Å². The van der Waals surface area contributed by atoms with E-state index in [1.807, 2.05) is 20.8 Å². The zero-order chi connectivity index (χ0) is 14.8. The molecule has 1 rings (SSSR count). The van der Waals surface area contributed by atoms with Crippen LogP contribution in [0.3, 0.4) is 0 Å². The van der Waals surface area contributed by atoms with Crippen molar-refractivity contribution in [2.24, 2.45) is 0 Å². The lowest BCUT2D eigenvalue weighted by atomic mass is 10.1. The lowest BCUT2D eigenvalue weighted by Gasteiger charge is -2.10. The van der Waals surface area contributed by atoms with Gasteiger partial charge in [-0.15, -0.1) is 0 Å². The standard InChI is InChI=1S/C13H14O4.C2H6/c1-3-6-9(2)17-13(16)11-8-5-4-7-10(11)12(14)15;1-2/h3-9H,1-2H3,(H,14,15);1-2H3/b6-3+;. The van der Waals surface area contributed by atoms with Crippen LogP contribution in [0.25, 0.3) is 0 Å². The highest BCUT2D eigenvalue weighted by atomic mass is 16.5. The lowest BCUT2D eigenvalue weighted by molar-refractivity contribution is 0.0416. The van der Waals surface area contributed by atoms with E-state index in [-0.39, 0.29) is 17.2 Å². The molecule has 0 heterocycles. The van der Waals surface area contributed by atoms with Gasteiger partial charge in [0.15, 0.2) is 0 Å². The number of carbonyl (C=O) groups is 2. The number of esters is 1. The quantitative estimate of drug-likeness (QED) is 0.667.